The summed E-state index contributed by atoms with van der Waals surface area (Å²) in [5.74, 6) is -0.885. The molecule has 34 heavy (non-hydrogen) atoms. The Balaban J connectivity index is 1.46. The molecule has 1 fully saturated rings. The molecule has 8 heteroatoms. The highest BCUT2D eigenvalue weighted by atomic mass is 32.2. The van der Waals surface area contributed by atoms with Gasteiger partial charge in [-0.15, -0.1) is 0 Å². The van der Waals surface area contributed by atoms with Crippen LogP contribution in [0.4, 0.5) is 10.1 Å². The summed E-state index contributed by atoms with van der Waals surface area (Å²) in [4.78, 5) is 15.1. The molecule has 0 aliphatic carbocycles. The maximum atomic E-state index is 13.9. The first-order valence-electron chi connectivity index (χ1n) is 11.3. The topological polar surface area (TPSA) is 78.5 Å². The SMILES string of the molecule is Cc1ccc(S(=O)(=O)Nc2cccc(C(=O)NC[C@@H](c3ccccc3)N3CCCC3)c2)cc1F. The molecule has 1 atom stereocenters. The number of carbonyl (C=O) groups is 1. The molecule has 1 aliphatic rings. The predicted molar refractivity (Wildman–Crippen MR) is 131 cm³/mol. The molecule has 6 nitrogen and oxygen atoms in total. The summed E-state index contributed by atoms with van der Waals surface area (Å²) in [7, 11) is -4.00. The molecule has 3 aromatic carbocycles. The van der Waals surface area contributed by atoms with Crippen molar-refractivity contribution in [2.75, 3.05) is 24.4 Å². The summed E-state index contributed by atoms with van der Waals surface area (Å²) in [5.41, 5.74) is 2.08. The average Bonchev–Trinajstić information content (AvgIpc) is 3.36. The molecule has 1 heterocycles. The van der Waals surface area contributed by atoms with Gasteiger partial charge in [0, 0.05) is 17.8 Å². The number of amides is 1. The van der Waals surface area contributed by atoms with Gasteiger partial charge in [-0.3, -0.25) is 14.4 Å². The van der Waals surface area contributed by atoms with E-state index in [-0.39, 0.29) is 22.5 Å². The quantitative estimate of drug-likeness (QED) is 0.497. The fourth-order valence-corrected chi connectivity index (χ4v) is 5.22. The zero-order valence-corrected chi connectivity index (χ0v) is 19.8. The summed E-state index contributed by atoms with van der Waals surface area (Å²) in [6.07, 6.45) is 2.29. The lowest BCUT2D eigenvalue weighted by molar-refractivity contribution is 0.0938. The third-order valence-electron chi connectivity index (χ3n) is 6.05. The highest BCUT2D eigenvalue weighted by Crippen LogP contribution is 2.25. The Morgan fingerprint density at radius 1 is 1.00 bits per heavy atom. The molecule has 0 spiro atoms. The molecule has 0 saturated carbocycles. The number of carbonyl (C=O) groups excluding carboxylic acids is 1. The number of halogens is 1. The summed E-state index contributed by atoms with van der Waals surface area (Å²) in [6.45, 7) is 3.99. The zero-order chi connectivity index (χ0) is 24.1. The van der Waals surface area contributed by atoms with Gasteiger partial charge in [0.15, 0.2) is 0 Å². The minimum atomic E-state index is -4.00. The van der Waals surface area contributed by atoms with Gasteiger partial charge in [0.1, 0.15) is 5.82 Å². The Bertz CT molecular complexity index is 1260. The van der Waals surface area contributed by atoms with Gasteiger partial charge in [-0.05, 0) is 74.3 Å². The minimum Gasteiger partial charge on any atom is -0.350 e. The van der Waals surface area contributed by atoms with Crippen LogP contribution < -0.4 is 10.0 Å². The summed E-state index contributed by atoms with van der Waals surface area (Å²) in [6, 6.07) is 20.2. The first-order chi connectivity index (χ1) is 16.3. The van der Waals surface area contributed by atoms with Crippen LogP contribution in [-0.2, 0) is 10.0 Å². The smallest absolute Gasteiger partial charge is 0.261 e. The first kappa shape index (κ1) is 23.9. The number of nitrogens with one attached hydrogen (secondary N) is 2. The van der Waals surface area contributed by atoms with Crippen LogP contribution in [0.25, 0.3) is 0 Å². The van der Waals surface area contributed by atoms with Gasteiger partial charge in [-0.25, -0.2) is 12.8 Å². The van der Waals surface area contributed by atoms with E-state index in [1.54, 1.807) is 25.1 Å². The second-order valence-electron chi connectivity index (χ2n) is 8.48. The molecular formula is C26H28FN3O3S. The summed E-state index contributed by atoms with van der Waals surface area (Å²) < 4.78 is 41.6. The maximum absolute atomic E-state index is 13.9. The molecule has 2 N–H and O–H groups in total. The van der Waals surface area contributed by atoms with Gasteiger partial charge in [-0.2, -0.15) is 0 Å². The van der Waals surface area contributed by atoms with Crippen LogP contribution in [0.15, 0.2) is 77.7 Å². The van der Waals surface area contributed by atoms with Crippen LogP contribution in [0.5, 0.6) is 0 Å². The van der Waals surface area contributed by atoms with Gasteiger partial charge in [0.2, 0.25) is 0 Å². The Kier molecular flexibility index (Phi) is 7.29. The van der Waals surface area contributed by atoms with Crippen molar-refractivity contribution < 1.29 is 17.6 Å². The van der Waals surface area contributed by atoms with E-state index in [4.69, 9.17) is 0 Å². The lowest BCUT2D eigenvalue weighted by Crippen LogP contribution is -2.36. The summed E-state index contributed by atoms with van der Waals surface area (Å²) >= 11 is 0. The lowest BCUT2D eigenvalue weighted by Gasteiger charge is -2.28. The molecule has 3 aromatic rings. The second kappa shape index (κ2) is 10.4. The molecule has 4 rings (SSSR count). The van der Waals surface area contributed by atoms with Gasteiger partial charge in [-0.1, -0.05) is 42.5 Å². The first-order valence-corrected chi connectivity index (χ1v) is 12.8. The third-order valence-corrected chi connectivity index (χ3v) is 7.43. The number of anilines is 1. The van der Waals surface area contributed by atoms with Crippen molar-refractivity contribution in [2.45, 2.75) is 30.7 Å². The second-order valence-corrected chi connectivity index (χ2v) is 10.2. The fourth-order valence-electron chi connectivity index (χ4n) is 4.16. The van der Waals surface area contributed by atoms with Crippen molar-refractivity contribution in [3.05, 3.63) is 95.3 Å². The van der Waals surface area contributed by atoms with Gasteiger partial charge in [0.25, 0.3) is 15.9 Å². The maximum Gasteiger partial charge on any atom is 0.261 e. The Morgan fingerprint density at radius 3 is 2.44 bits per heavy atom. The monoisotopic (exact) mass is 481 g/mol. The lowest BCUT2D eigenvalue weighted by atomic mass is 10.1. The van der Waals surface area contributed by atoms with Crippen LogP contribution in [0.1, 0.15) is 40.4 Å². The van der Waals surface area contributed by atoms with Crippen LogP contribution >= 0.6 is 0 Å². The fraction of sp³-hybridized carbons (Fsp3) is 0.269. The normalized spacial score (nSPS) is 15.1. The van der Waals surface area contributed by atoms with E-state index in [0.29, 0.717) is 17.7 Å². The number of likely N-dealkylation sites (tertiary alicyclic amines) is 1. The number of hydrogen-bond donors (Lipinski definition) is 2. The molecule has 178 valence electrons. The Morgan fingerprint density at radius 2 is 1.74 bits per heavy atom. The molecule has 0 radical (unpaired) electrons. The van der Waals surface area contributed by atoms with E-state index in [1.807, 2.05) is 18.2 Å². The van der Waals surface area contributed by atoms with Crippen LogP contribution in [0.2, 0.25) is 0 Å². The van der Waals surface area contributed by atoms with Crippen molar-refractivity contribution >= 4 is 21.6 Å². The molecule has 1 amide bonds. The van der Waals surface area contributed by atoms with E-state index >= 15 is 0 Å². The zero-order valence-electron chi connectivity index (χ0n) is 19.0. The van der Waals surface area contributed by atoms with Gasteiger partial charge < -0.3 is 5.32 Å². The van der Waals surface area contributed by atoms with Crippen LogP contribution in [0.3, 0.4) is 0 Å². The van der Waals surface area contributed by atoms with Crippen molar-refractivity contribution in [3.63, 3.8) is 0 Å². The average molecular weight is 482 g/mol. The van der Waals surface area contributed by atoms with Gasteiger partial charge in [0.05, 0.1) is 10.9 Å². The van der Waals surface area contributed by atoms with Crippen molar-refractivity contribution in [1.82, 2.24) is 10.2 Å². The molecular weight excluding hydrogens is 453 g/mol. The van der Waals surface area contributed by atoms with Crippen molar-refractivity contribution in [1.29, 1.82) is 0 Å². The highest BCUT2D eigenvalue weighted by molar-refractivity contribution is 7.92. The predicted octanol–water partition coefficient (Wildman–Crippen LogP) is 4.50. The number of sulfonamides is 1. The highest BCUT2D eigenvalue weighted by Gasteiger charge is 2.24. The molecule has 0 unspecified atom stereocenters. The minimum absolute atomic E-state index is 0.0748. The molecule has 0 aromatic heterocycles. The number of benzene rings is 3. The van der Waals surface area contributed by atoms with Crippen LogP contribution in [0, 0.1) is 12.7 Å². The molecule has 1 aliphatic heterocycles. The Labute approximate surface area is 199 Å². The van der Waals surface area contributed by atoms with E-state index in [0.717, 1.165) is 37.6 Å². The number of rotatable bonds is 8. The standard InChI is InChI=1S/C26H28FN3O3S/c1-19-12-13-23(17-24(19)27)34(32,33)29-22-11-7-10-21(16-22)26(31)28-18-25(30-14-5-6-15-30)20-8-3-2-4-9-20/h2-4,7-13,16-17,25,29H,5-6,14-15,18H2,1H3,(H,28,31)/t25-/m0/s1. The summed E-state index contributed by atoms with van der Waals surface area (Å²) in [5, 5.41) is 3.00. The van der Waals surface area contributed by atoms with Gasteiger partial charge >= 0.3 is 0 Å². The number of aryl methyl sites for hydroxylation is 1. The Hall–Kier alpha value is -3.23. The number of hydrogen-bond acceptors (Lipinski definition) is 4. The van der Waals surface area contributed by atoms with E-state index < -0.39 is 15.8 Å². The third kappa shape index (κ3) is 5.63. The molecule has 0 bridgehead atoms. The van der Waals surface area contributed by atoms with Crippen molar-refractivity contribution in [3.8, 4) is 0 Å². The van der Waals surface area contributed by atoms with E-state index in [2.05, 4.69) is 27.1 Å². The largest absolute Gasteiger partial charge is 0.350 e. The van der Waals surface area contributed by atoms with Crippen LogP contribution in [-0.4, -0.2) is 38.9 Å². The number of nitrogens with zero attached hydrogens (tertiary/aromatic N) is 1. The van der Waals surface area contributed by atoms with Crippen molar-refractivity contribution in [2.24, 2.45) is 0 Å². The van der Waals surface area contributed by atoms with E-state index in [9.17, 15) is 17.6 Å². The van der Waals surface area contributed by atoms with E-state index in [1.165, 1.54) is 18.2 Å². The molecule has 1 saturated heterocycles.